The van der Waals surface area contributed by atoms with Crippen molar-refractivity contribution in [3.05, 3.63) is 47.8 Å². The lowest BCUT2D eigenvalue weighted by molar-refractivity contribution is -0.115. The standard InChI is InChI=1S/C16H14FN3O4S/c1-9(21)18-15-5-3-12(8-13(15)17)25(23,24)20-11-2-4-14-10(6-11)7-16(22)19-14/h2-6,8,20H,7H2,1H3,(H,18,21)(H,19,22). The van der Waals surface area contributed by atoms with Gasteiger partial charge in [-0.25, -0.2) is 12.8 Å². The van der Waals surface area contributed by atoms with Crippen molar-refractivity contribution in [2.75, 3.05) is 15.4 Å². The van der Waals surface area contributed by atoms with E-state index < -0.39 is 21.7 Å². The lowest BCUT2D eigenvalue weighted by Gasteiger charge is -2.11. The summed E-state index contributed by atoms with van der Waals surface area (Å²) < 4.78 is 41.1. The number of anilines is 3. The highest BCUT2D eigenvalue weighted by molar-refractivity contribution is 7.92. The lowest BCUT2D eigenvalue weighted by atomic mass is 10.1. The van der Waals surface area contributed by atoms with Gasteiger partial charge in [-0.15, -0.1) is 0 Å². The number of carbonyl (C=O) groups excluding carboxylic acids is 2. The van der Waals surface area contributed by atoms with Gasteiger partial charge in [0.2, 0.25) is 11.8 Å². The zero-order chi connectivity index (χ0) is 18.2. The molecule has 1 heterocycles. The minimum Gasteiger partial charge on any atom is -0.326 e. The molecule has 2 aromatic rings. The molecule has 1 aliphatic heterocycles. The second-order valence-electron chi connectivity index (χ2n) is 5.53. The molecule has 0 spiro atoms. The first-order valence-electron chi connectivity index (χ1n) is 7.27. The average Bonchev–Trinajstić information content (AvgIpc) is 2.87. The number of nitrogens with one attached hydrogen (secondary N) is 3. The third kappa shape index (κ3) is 3.61. The Morgan fingerprint density at radius 2 is 1.96 bits per heavy atom. The Labute approximate surface area is 143 Å². The van der Waals surface area contributed by atoms with Crippen molar-refractivity contribution in [1.29, 1.82) is 0 Å². The molecule has 0 saturated heterocycles. The van der Waals surface area contributed by atoms with Gasteiger partial charge >= 0.3 is 0 Å². The molecule has 0 unspecified atom stereocenters. The van der Waals surface area contributed by atoms with Crippen LogP contribution in [0.2, 0.25) is 0 Å². The largest absolute Gasteiger partial charge is 0.326 e. The summed E-state index contributed by atoms with van der Waals surface area (Å²) in [5, 5.41) is 4.91. The normalized spacial score (nSPS) is 13.1. The first-order chi connectivity index (χ1) is 11.7. The summed E-state index contributed by atoms with van der Waals surface area (Å²) in [7, 11) is -4.02. The van der Waals surface area contributed by atoms with Crippen LogP contribution in [0.3, 0.4) is 0 Å². The van der Waals surface area contributed by atoms with Crippen LogP contribution in [-0.2, 0) is 26.0 Å². The first kappa shape index (κ1) is 16.9. The molecular formula is C16H14FN3O4S. The van der Waals surface area contributed by atoms with Gasteiger partial charge in [-0.05, 0) is 42.0 Å². The summed E-state index contributed by atoms with van der Waals surface area (Å²) >= 11 is 0. The van der Waals surface area contributed by atoms with E-state index in [1.807, 2.05) is 0 Å². The number of rotatable bonds is 4. The molecule has 2 amide bonds. The summed E-state index contributed by atoms with van der Waals surface area (Å²) in [6.45, 7) is 1.22. The van der Waals surface area contributed by atoms with Crippen LogP contribution in [0.5, 0.6) is 0 Å². The lowest BCUT2D eigenvalue weighted by Crippen LogP contribution is -2.14. The predicted molar refractivity (Wildman–Crippen MR) is 90.3 cm³/mol. The Morgan fingerprint density at radius 3 is 2.64 bits per heavy atom. The van der Waals surface area contributed by atoms with Crippen LogP contribution in [0.15, 0.2) is 41.3 Å². The van der Waals surface area contributed by atoms with Gasteiger partial charge in [0.15, 0.2) is 0 Å². The summed E-state index contributed by atoms with van der Waals surface area (Å²) in [5.74, 6) is -1.48. The maximum Gasteiger partial charge on any atom is 0.261 e. The molecule has 0 atom stereocenters. The van der Waals surface area contributed by atoms with E-state index in [9.17, 15) is 22.4 Å². The molecule has 0 aliphatic carbocycles. The molecule has 0 bridgehead atoms. The second-order valence-corrected chi connectivity index (χ2v) is 7.21. The van der Waals surface area contributed by atoms with Crippen molar-refractivity contribution >= 4 is 38.9 Å². The predicted octanol–water partition coefficient (Wildman–Crippen LogP) is 2.08. The molecule has 0 fully saturated rings. The second kappa shape index (κ2) is 6.17. The fraction of sp³-hybridized carbons (Fsp3) is 0.125. The van der Waals surface area contributed by atoms with E-state index in [1.165, 1.54) is 25.1 Å². The average molecular weight is 363 g/mol. The fourth-order valence-corrected chi connectivity index (χ4v) is 3.52. The van der Waals surface area contributed by atoms with Crippen LogP contribution in [0, 0.1) is 5.82 Å². The molecule has 0 saturated carbocycles. The maximum atomic E-state index is 13.9. The summed E-state index contributed by atoms with van der Waals surface area (Å²) in [6.07, 6.45) is 0.172. The number of sulfonamides is 1. The van der Waals surface area contributed by atoms with Crippen molar-refractivity contribution in [3.63, 3.8) is 0 Å². The minimum atomic E-state index is -4.02. The Bertz CT molecular complexity index is 989. The molecule has 3 N–H and O–H groups in total. The molecule has 130 valence electrons. The fourth-order valence-electron chi connectivity index (χ4n) is 2.46. The van der Waals surface area contributed by atoms with Crippen molar-refractivity contribution < 1.29 is 22.4 Å². The van der Waals surface area contributed by atoms with E-state index in [2.05, 4.69) is 15.4 Å². The van der Waals surface area contributed by atoms with Crippen LogP contribution in [0.25, 0.3) is 0 Å². The Morgan fingerprint density at radius 1 is 1.20 bits per heavy atom. The summed E-state index contributed by atoms with van der Waals surface area (Å²) in [5.41, 5.74) is 1.48. The van der Waals surface area contributed by atoms with Crippen LogP contribution >= 0.6 is 0 Å². The molecule has 3 rings (SSSR count). The van der Waals surface area contributed by atoms with Crippen molar-refractivity contribution in [2.24, 2.45) is 0 Å². The highest BCUT2D eigenvalue weighted by Gasteiger charge is 2.20. The van der Waals surface area contributed by atoms with Crippen LogP contribution in [0.1, 0.15) is 12.5 Å². The molecule has 0 radical (unpaired) electrons. The van der Waals surface area contributed by atoms with Gasteiger partial charge in [0.1, 0.15) is 5.82 Å². The first-order valence-corrected chi connectivity index (χ1v) is 8.76. The number of fused-ring (bicyclic) bond motifs is 1. The van der Waals surface area contributed by atoms with Crippen LogP contribution < -0.4 is 15.4 Å². The summed E-state index contributed by atoms with van der Waals surface area (Å²) in [6, 6.07) is 7.84. The van der Waals surface area contributed by atoms with Gasteiger partial charge in [-0.1, -0.05) is 0 Å². The van der Waals surface area contributed by atoms with Crippen LogP contribution in [0.4, 0.5) is 21.5 Å². The van der Waals surface area contributed by atoms with Gasteiger partial charge in [-0.3, -0.25) is 14.3 Å². The Hall–Kier alpha value is -2.94. The zero-order valence-corrected chi connectivity index (χ0v) is 13.9. The molecule has 0 aromatic heterocycles. The molecule has 9 heteroatoms. The summed E-state index contributed by atoms with van der Waals surface area (Å²) in [4.78, 5) is 22.0. The third-order valence-corrected chi connectivity index (χ3v) is 4.92. The van der Waals surface area contributed by atoms with Crippen molar-refractivity contribution in [3.8, 4) is 0 Å². The third-order valence-electron chi connectivity index (χ3n) is 3.54. The number of amides is 2. The van der Waals surface area contributed by atoms with Gasteiger partial charge in [0, 0.05) is 18.3 Å². The highest BCUT2D eigenvalue weighted by atomic mass is 32.2. The monoisotopic (exact) mass is 363 g/mol. The van der Waals surface area contributed by atoms with E-state index >= 15 is 0 Å². The van der Waals surface area contributed by atoms with Gasteiger partial charge in [-0.2, -0.15) is 0 Å². The number of carbonyl (C=O) groups is 2. The number of hydrogen-bond acceptors (Lipinski definition) is 4. The Balaban J connectivity index is 1.85. The number of benzene rings is 2. The van der Waals surface area contributed by atoms with E-state index in [-0.39, 0.29) is 28.6 Å². The molecule has 25 heavy (non-hydrogen) atoms. The molecule has 2 aromatic carbocycles. The van der Waals surface area contributed by atoms with Crippen LogP contribution in [-0.4, -0.2) is 20.2 Å². The topological polar surface area (TPSA) is 104 Å². The molecular weight excluding hydrogens is 349 g/mol. The maximum absolute atomic E-state index is 13.9. The highest BCUT2D eigenvalue weighted by Crippen LogP contribution is 2.28. The van der Waals surface area contributed by atoms with Gasteiger partial charge in [0.25, 0.3) is 10.0 Å². The molecule has 7 nitrogen and oxygen atoms in total. The Kier molecular flexibility index (Phi) is 4.17. The smallest absolute Gasteiger partial charge is 0.261 e. The minimum absolute atomic E-state index is 0.103. The van der Waals surface area contributed by atoms with Gasteiger partial charge < -0.3 is 10.6 Å². The van der Waals surface area contributed by atoms with Crippen molar-refractivity contribution in [2.45, 2.75) is 18.2 Å². The van der Waals surface area contributed by atoms with E-state index in [0.717, 1.165) is 6.07 Å². The number of hydrogen-bond donors (Lipinski definition) is 3. The zero-order valence-electron chi connectivity index (χ0n) is 13.1. The molecule has 1 aliphatic rings. The van der Waals surface area contributed by atoms with Crippen molar-refractivity contribution in [1.82, 2.24) is 0 Å². The van der Waals surface area contributed by atoms with E-state index in [1.54, 1.807) is 12.1 Å². The SMILES string of the molecule is CC(=O)Nc1ccc(S(=O)(=O)Nc2ccc3c(c2)CC(=O)N3)cc1F. The van der Waals surface area contributed by atoms with Gasteiger partial charge in [0.05, 0.1) is 17.0 Å². The van der Waals surface area contributed by atoms with E-state index in [0.29, 0.717) is 11.3 Å². The quantitative estimate of drug-likeness (QED) is 0.773. The van der Waals surface area contributed by atoms with E-state index in [4.69, 9.17) is 0 Å². The number of halogens is 1.